The predicted molar refractivity (Wildman–Crippen MR) is 163 cm³/mol. The fraction of sp³-hybridized carbons (Fsp3) is 0.645. The number of nitrogens with zero attached hydrogens (tertiary/aromatic N) is 9. The summed E-state index contributed by atoms with van der Waals surface area (Å²) in [7, 11) is 0. The molecule has 44 heavy (non-hydrogen) atoms. The van der Waals surface area contributed by atoms with Gasteiger partial charge in [-0.1, -0.05) is 0 Å². The number of rotatable bonds is 4. The maximum absolute atomic E-state index is 12.9. The number of hydrogen-bond donors (Lipinski definition) is 0. The summed E-state index contributed by atoms with van der Waals surface area (Å²) in [6.07, 6.45) is 6.66. The third-order valence-corrected chi connectivity index (χ3v) is 9.06. The number of carbonyl (C=O) groups excluding carboxylic acids is 1. The highest BCUT2D eigenvalue weighted by Crippen LogP contribution is 2.40. The number of piperazine rings is 1. The molecule has 13 heteroatoms. The Hall–Kier alpha value is -3.89. The fourth-order valence-corrected chi connectivity index (χ4v) is 7.02. The van der Waals surface area contributed by atoms with Crippen LogP contribution in [0.5, 0.6) is 0 Å². The normalized spacial score (nSPS) is 25.8. The average Bonchev–Trinajstić information content (AvgIpc) is 3.70. The SMILES string of the molecule is C[C@@H]1CN(C(=O)OC(C)(C)C)CCN1c1cc(N2C3CCC2COC3)nc2c1c(C#N)nn2-c1ccn(C2CCCCO2)n1. The summed E-state index contributed by atoms with van der Waals surface area (Å²) >= 11 is 0. The van der Waals surface area contributed by atoms with E-state index in [1.807, 2.05) is 37.7 Å². The third kappa shape index (κ3) is 5.24. The maximum Gasteiger partial charge on any atom is 0.410 e. The molecule has 0 radical (unpaired) electrons. The van der Waals surface area contributed by atoms with Crippen LogP contribution >= 0.6 is 0 Å². The monoisotopic (exact) mass is 603 g/mol. The van der Waals surface area contributed by atoms with E-state index >= 15 is 0 Å². The molecule has 4 aliphatic heterocycles. The molecule has 4 atom stereocenters. The van der Waals surface area contributed by atoms with Gasteiger partial charge in [0.2, 0.25) is 0 Å². The summed E-state index contributed by atoms with van der Waals surface area (Å²) in [4.78, 5) is 24.5. The Bertz CT molecular complexity index is 1560. The molecule has 4 fully saturated rings. The molecule has 7 heterocycles. The first-order chi connectivity index (χ1) is 21.2. The number of anilines is 2. The second-order valence-electron chi connectivity index (χ2n) is 13.3. The Kier molecular flexibility index (Phi) is 7.37. The number of carbonyl (C=O) groups is 1. The first-order valence-electron chi connectivity index (χ1n) is 15.8. The number of ether oxygens (including phenoxy) is 3. The predicted octanol–water partition coefficient (Wildman–Crippen LogP) is 4.00. The van der Waals surface area contributed by atoms with E-state index in [2.05, 4.69) is 28.9 Å². The van der Waals surface area contributed by atoms with Crippen LogP contribution in [0.4, 0.5) is 16.3 Å². The molecular weight excluding hydrogens is 562 g/mol. The van der Waals surface area contributed by atoms with Crippen molar-refractivity contribution in [3.8, 4) is 11.9 Å². The van der Waals surface area contributed by atoms with E-state index in [4.69, 9.17) is 29.4 Å². The highest BCUT2D eigenvalue weighted by Gasteiger charge is 2.40. The van der Waals surface area contributed by atoms with Crippen LogP contribution in [0.2, 0.25) is 0 Å². The van der Waals surface area contributed by atoms with Crippen molar-refractivity contribution in [2.45, 2.75) is 89.8 Å². The molecule has 234 valence electrons. The number of pyridine rings is 1. The number of fused-ring (bicyclic) bond motifs is 3. The van der Waals surface area contributed by atoms with Gasteiger partial charge in [0.1, 0.15) is 23.7 Å². The molecule has 3 aromatic rings. The van der Waals surface area contributed by atoms with E-state index in [9.17, 15) is 10.1 Å². The Labute approximate surface area is 257 Å². The highest BCUT2D eigenvalue weighted by molar-refractivity contribution is 5.96. The van der Waals surface area contributed by atoms with Gasteiger partial charge < -0.3 is 28.9 Å². The first kappa shape index (κ1) is 28.9. The molecule has 0 spiro atoms. The van der Waals surface area contributed by atoms with Gasteiger partial charge in [0.25, 0.3) is 0 Å². The minimum absolute atomic E-state index is 0.0336. The maximum atomic E-state index is 12.9. The van der Waals surface area contributed by atoms with Crippen molar-refractivity contribution >= 4 is 28.6 Å². The van der Waals surface area contributed by atoms with Crippen molar-refractivity contribution in [2.24, 2.45) is 0 Å². The summed E-state index contributed by atoms with van der Waals surface area (Å²) in [5.41, 5.74) is 1.22. The van der Waals surface area contributed by atoms with Gasteiger partial charge in [0.05, 0.1) is 36.4 Å². The lowest BCUT2D eigenvalue weighted by Gasteiger charge is -2.42. The smallest absolute Gasteiger partial charge is 0.410 e. The molecule has 4 saturated heterocycles. The number of aromatic nitrogens is 5. The Morgan fingerprint density at radius 3 is 2.57 bits per heavy atom. The zero-order valence-electron chi connectivity index (χ0n) is 26.0. The van der Waals surface area contributed by atoms with Crippen molar-refractivity contribution in [1.29, 1.82) is 5.26 Å². The Morgan fingerprint density at radius 1 is 1.09 bits per heavy atom. The molecule has 3 aromatic heterocycles. The van der Waals surface area contributed by atoms with Crippen LogP contribution in [0.25, 0.3) is 16.9 Å². The van der Waals surface area contributed by atoms with E-state index in [1.54, 1.807) is 9.58 Å². The molecule has 2 bridgehead atoms. The van der Waals surface area contributed by atoms with Gasteiger partial charge in [-0.25, -0.2) is 14.5 Å². The van der Waals surface area contributed by atoms with Gasteiger partial charge in [-0.2, -0.15) is 20.1 Å². The molecule has 1 amide bonds. The largest absolute Gasteiger partial charge is 0.444 e. The van der Waals surface area contributed by atoms with E-state index in [0.717, 1.165) is 50.2 Å². The average molecular weight is 604 g/mol. The van der Waals surface area contributed by atoms with Crippen molar-refractivity contribution < 1.29 is 19.0 Å². The van der Waals surface area contributed by atoms with Gasteiger partial charge in [-0.05, 0) is 59.8 Å². The second-order valence-corrected chi connectivity index (χ2v) is 13.3. The van der Waals surface area contributed by atoms with Crippen LogP contribution in [0, 0.1) is 11.3 Å². The topological polar surface area (TPSA) is 127 Å². The molecule has 4 aliphatic rings. The van der Waals surface area contributed by atoms with Crippen LogP contribution in [-0.4, -0.2) is 98.7 Å². The number of amides is 1. The second kappa shape index (κ2) is 11.2. The van der Waals surface area contributed by atoms with E-state index in [0.29, 0.717) is 55.4 Å². The minimum atomic E-state index is -0.562. The lowest BCUT2D eigenvalue weighted by atomic mass is 10.1. The van der Waals surface area contributed by atoms with Crippen molar-refractivity contribution in [1.82, 2.24) is 29.4 Å². The lowest BCUT2D eigenvalue weighted by Crippen LogP contribution is -2.54. The van der Waals surface area contributed by atoms with Gasteiger partial charge in [-0.3, -0.25) is 0 Å². The van der Waals surface area contributed by atoms with Crippen LogP contribution < -0.4 is 9.80 Å². The zero-order valence-corrected chi connectivity index (χ0v) is 26.0. The van der Waals surface area contributed by atoms with Crippen molar-refractivity contribution in [3.05, 3.63) is 24.0 Å². The first-order valence-corrected chi connectivity index (χ1v) is 15.8. The highest BCUT2D eigenvalue weighted by atomic mass is 16.6. The standard InChI is InChI=1S/C31H41N9O4/c1-20-17-36(30(41)44-31(2,3)4)12-13-37(20)24-15-26(39-21-8-9-22(39)19-42-18-21)33-29-28(24)23(16-32)34-40(29)25-10-11-38(35-25)27-7-5-6-14-43-27/h10-11,15,20-22,27H,5-9,12-14,17-19H2,1-4H3/t20-,21?,22?,27?/m1/s1. The third-order valence-electron chi connectivity index (χ3n) is 9.06. The quantitative estimate of drug-likeness (QED) is 0.432. The van der Waals surface area contributed by atoms with Crippen molar-refractivity contribution in [3.63, 3.8) is 0 Å². The van der Waals surface area contributed by atoms with Crippen LogP contribution in [0.1, 0.15) is 71.7 Å². The number of morpholine rings is 1. The van der Waals surface area contributed by atoms with Crippen molar-refractivity contribution in [2.75, 3.05) is 49.3 Å². The van der Waals surface area contributed by atoms with E-state index < -0.39 is 5.60 Å². The van der Waals surface area contributed by atoms with Gasteiger partial charge in [-0.15, -0.1) is 0 Å². The molecular formula is C31H41N9O4. The van der Waals surface area contributed by atoms with E-state index in [1.165, 1.54) is 0 Å². The van der Waals surface area contributed by atoms with Gasteiger partial charge in [0.15, 0.2) is 17.2 Å². The van der Waals surface area contributed by atoms with Crippen LogP contribution in [-0.2, 0) is 14.2 Å². The van der Waals surface area contributed by atoms with E-state index in [-0.39, 0.29) is 30.4 Å². The van der Waals surface area contributed by atoms with Crippen LogP contribution in [0.15, 0.2) is 18.3 Å². The number of nitriles is 1. The summed E-state index contributed by atoms with van der Waals surface area (Å²) in [6, 6.07) is 6.82. The summed E-state index contributed by atoms with van der Waals surface area (Å²) < 4.78 is 21.1. The fourth-order valence-electron chi connectivity index (χ4n) is 7.02. The molecule has 0 aliphatic carbocycles. The minimum Gasteiger partial charge on any atom is -0.444 e. The number of hydrogen-bond acceptors (Lipinski definition) is 10. The molecule has 7 rings (SSSR count). The lowest BCUT2D eigenvalue weighted by molar-refractivity contribution is -0.0395. The molecule has 13 nitrogen and oxygen atoms in total. The molecule has 0 N–H and O–H groups in total. The molecule has 3 unspecified atom stereocenters. The summed E-state index contributed by atoms with van der Waals surface area (Å²) in [5.74, 6) is 1.44. The van der Waals surface area contributed by atoms with Crippen LogP contribution in [0.3, 0.4) is 0 Å². The summed E-state index contributed by atoms with van der Waals surface area (Å²) in [5, 5.41) is 20.6. The zero-order chi connectivity index (χ0) is 30.6. The Morgan fingerprint density at radius 2 is 1.89 bits per heavy atom. The Balaban J connectivity index is 1.30. The van der Waals surface area contributed by atoms with Gasteiger partial charge in [0, 0.05) is 50.6 Å². The van der Waals surface area contributed by atoms with Gasteiger partial charge >= 0.3 is 6.09 Å². The molecule has 0 saturated carbocycles. The molecule has 0 aromatic carbocycles. The summed E-state index contributed by atoms with van der Waals surface area (Å²) in [6.45, 7) is 11.4.